The third-order valence-corrected chi connectivity index (χ3v) is 9.81. The van der Waals surface area contributed by atoms with Gasteiger partial charge in [0.2, 0.25) is 5.91 Å². The first-order valence-electron chi connectivity index (χ1n) is 12.5. The molecule has 10 heteroatoms. The maximum Gasteiger partial charge on any atom is 0.258 e. The third kappa shape index (κ3) is 6.07. The highest BCUT2D eigenvalue weighted by Crippen LogP contribution is 2.42. The lowest BCUT2D eigenvalue weighted by atomic mass is 9.83. The van der Waals surface area contributed by atoms with E-state index >= 15 is 0 Å². The summed E-state index contributed by atoms with van der Waals surface area (Å²) in [4.78, 5) is 44.8. The van der Waals surface area contributed by atoms with E-state index in [0.29, 0.717) is 0 Å². The Balaban J connectivity index is 1.43. The molecule has 0 aliphatic heterocycles. The molecule has 1 heterocycles. The summed E-state index contributed by atoms with van der Waals surface area (Å²) >= 11 is 2.97. The molecule has 2 aliphatic rings. The van der Waals surface area contributed by atoms with E-state index in [0.717, 1.165) is 21.7 Å². The summed E-state index contributed by atoms with van der Waals surface area (Å²) in [5.41, 5.74) is 2.84. The number of amides is 2. The van der Waals surface area contributed by atoms with E-state index < -0.39 is 40.3 Å². The minimum absolute atomic E-state index is 0.136. The number of thiazole rings is 1. The molecule has 200 valence electrons. The van der Waals surface area contributed by atoms with Crippen LogP contribution in [0.25, 0.3) is 10.4 Å². The van der Waals surface area contributed by atoms with Crippen molar-refractivity contribution in [3.63, 3.8) is 0 Å². The Morgan fingerprint density at radius 3 is 2.43 bits per heavy atom. The lowest BCUT2D eigenvalue weighted by Crippen LogP contribution is -2.57. The van der Waals surface area contributed by atoms with E-state index in [9.17, 15) is 23.9 Å². The number of hydrogen-bond donors (Lipinski definition) is 3. The Kier molecular flexibility index (Phi) is 8.11. The summed E-state index contributed by atoms with van der Waals surface area (Å²) in [6.07, 6.45) is 1.63. The Morgan fingerprint density at radius 1 is 1.22 bits per heavy atom. The van der Waals surface area contributed by atoms with Crippen molar-refractivity contribution in [3.8, 4) is 10.4 Å². The third-order valence-electron chi connectivity index (χ3n) is 7.55. The number of nitrogens with zero attached hydrogens (tertiary/aromatic N) is 1. The highest BCUT2D eigenvalue weighted by atomic mass is 32.2. The number of aliphatic hydroxyl groups excluding tert-OH is 1. The molecular weight excluding hydrogens is 513 g/mol. The number of nitrogens with one attached hydrogen (secondary N) is 2. The summed E-state index contributed by atoms with van der Waals surface area (Å²) in [5, 5.41) is 15.9. The molecule has 1 aromatic carbocycles. The zero-order valence-electron chi connectivity index (χ0n) is 21.5. The van der Waals surface area contributed by atoms with Gasteiger partial charge in [0, 0.05) is 17.2 Å². The first kappa shape index (κ1) is 27.7. The number of ketones is 1. The first-order chi connectivity index (χ1) is 17.4. The molecule has 0 spiro atoms. The fourth-order valence-corrected chi connectivity index (χ4v) is 6.03. The van der Waals surface area contributed by atoms with Crippen molar-refractivity contribution in [1.82, 2.24) is 15.6 Å². The molecule has 7 nitrogen and oxygen atoms in total. The minimum atomic E-state index is -1.91. The zero-order valence-corrected chi connectivity index (χ0v) is 23.2. The molecule has 1 unspecified atom stereocenters. The summed E-state index contributed by atoms with van der Waals surface area (Å²) in [7, 11) is 0. The van der Waals surface area contributed by atoms with E-state index in [1.54, 1.807) is 11.3 Å². The zero-order chi connectivity index (χ0) is 27.0. The van der Waals surface area contributed by atoms with Crippen LogP contribution in [-0.4, -0.2) is 56.5 Å². The van der Waals surface area contributed by atoms with Gasteiger partial charge >= 0.3 is 0 Å². The number of carbonyl (C=O) groups excluding carboxylic acids is 3. The molecule has 2 saturated carbocycles. The molecule has 2 aromatic rings. The predicted molar refractivity (Wildman–Crippen MR) is 144 cm³/mol. The molecular formula is C27H34FN3O4S2. The number of carbonyl (C=O) groups is 3. The number of aryl methyl sites for hydroxylation is 1. The van der Waals surface area contributed by atoms with Gasteiger partial charge < -0.3 is 15.7 Å². The molecule has 3 N–H and O–H groups in total. The van der Waals surface area contributed by atoms with Crippen LogP contribution >= 0.6 is 23.1 Å². The molecule has 2 fully saturated rings. The monoisotopic (exact) mass is 547 g/mol. The number of rotatable bonds is 10. The van der Waals surface area contributed by atoms with Crippen LogP contribution in [0.2, 0.25) is 0 Å². The Bertz CT molecular complexity index is 1160. The van der Waals surface area contributed by atoms with Gasteiger partial charge in [-0.2, -0.15) is 11.8 Å². The van der Waals surface area contributed by atoms with Crippen LogP contribution in [-0.2, 0) is 20.9 Å². The van der Waals surface area contributed by atoms with Crippen molar-refractivity contribution >= 4 is 40.7 Å². The van der Waals surface area contributed by atoms with Gasteiger partial charge in [-0.25, -0.2) is 9.37 Å². The molecule has 0 radical (unpaired) electrons. The summed E-state index contributed by atoms with van der Waals surface area (Å²) in [6.45, 7) is 5.88. The van der Waals surface area contributed by atoms with Gasteiger partial charge in [-0.15, -0.1) is 11.3 Å². The average molecular weight is 548 g/mol. The van der Waals surface area contributed by atoms with Crippen molar-refractivity contribution in [2.75, 3.05) is 6.26 Å². The van der Waals surface area contributed by atoms with Crippen LogP contribution in [0.15, 0.2) is 29.8 Å². The van der Waals surface area contributed by atoms with Gasteiger partial charge in [0.1, 0.15) is 6.04 Å². The Labute approximate surface area is 225 Å². The van der Waals surface area contributed by atoms with E-state index in [1.807, 2.05) is 56.8 Å². The fraction of sp³-hybridized carbons (Fsp3) is 0.556. The molecule has 0 bridgehead atoms. The highest BCUT2D eigenvalue weighted by molar-refractivity contribution is 8.00. The summed E-state index contributed by atoms with van der Waals surface area (Å²) in [5.74, 6) is -2.91. The van der Waals surface area contributed by atoms with E-state index in [4.69, 9.17) is 0 Å². The van der Waals surface area contributed by atoms with Crippen molar-refractivity contribution in [1.29, 1.82) is 0 Å². The predicted octanol–water partition coefficient (Wildman–Crippen LogP) is 3.82. The molecule has 37 heavy (non-hydrogen) atoms. The second kappa shape index (κ2) is 10.8. The van der Waals surface area contributed by atoms with Crippen LogP contribution in [0.1, 0.15) is 50.8 Å². The number of halogens is 1. The van der Waals surface area contributed by atoms with Gasteiger partial charge in [0.15, 0.2) is 11.5 Å². The van der Waals surface area contributed by atoms with Crippen molar-refractivity contribution < 1.29 is 23.9 Å². The van der Waals surface area contributed by atoms with Crippen LogP contribution < -0.4 is 10.6 Å². The second-order valence-electron chi connectivity index (χ2n) is 10.6. The van der Waals surface area contributed by atoms with Crippen LogP contribution in [0.3, 0.4) is 0 Å². The number of Topliss-reactive ketones (excluding diaryl/α,β-unsaturated/α-hetero) is 1. The van der Waals surface area contributed by atoms with Crippen molar-refractivity contribution in [2.45, 2.75) is 75.6 Å². The number of thioether (sulfide) groups is 1. The number of aliphatic hydroxyl groups is 1. The van der Waals surface area contributed by atoms with E-state index in [-0.39, 0.29) is 43.9 Å². The second-order valence-corrected chi connectivity index (χ2v) is 12.9. The number of aromatic nitrogens is 1. The summed E-state index contributed by atoms with van der Waals surface area (Å²) in [6, 6.07) is 6.89. The van der Waals surface area contributed by atoms with Gasteiger partial charge in [0.25, 0.3) is 5.91 Å². The molecule has 4 rings (SSSR count). The number of hydrogen-bond acceptors (Lipinski definition) is 7. The fourth-order valence-electron chi connectivity index (χ4n) is 4.81. The Hall–Kier alpha value is -2.30. The topological polar surface area (TPSA) is 108 Å². The smallest absolute Gasteiger partial charge is 0.258 e. The normalized spacial score (nSPS) is 23.4. The lowest BCUT2D eigenvalue weighted by molar-refractivity contribution is -0.137. The SMILES string of the molecule is CSC(C)(C)[C@H](NC(=O)C1(F)CC1)C(=O)C1C[C@H](O)C[C@H]1C(=O)NCc1ccc(-c2scnc2C)cc1. The number of benzene rings is 1. The maximum absolute atomic E-state index is 14.4. The first-order valence-corrected chi connectivity index (χ1v) is 14.6. The molecule has 0 saturated heterocycles. The largest absolute Gasteiger partial charge is 0.393 e. The van der Waals surface area contributed by atoms with E-state index in [2.05, 4.69) is 15.6 Å². The highest BCUT2D eigenvalue weighted by Gasteiger charge is 2.54. The maximum atomic E-state index is 14.4. The molecule has 1 aromatic heterocycles. The minimum Gasteiger partial charge on any atom is -0.393 e. The van der Waals surface area contributed by atoms with Gasteiger partial charge in [-0.1, -0.05) is 24.3 Å². The average Bonchev–Trinajstić information content (AvgIpc) is 3.29. The lowest BCUT2D eigenvalue weighted by Gasteiger charge is -2.35. The quantitative estimate of drug-likeness (QED) is 0.417. The molecule has 2 amide bonds. The van der Waals surface area contributed by atoms with Crippen LogP contribution in [0.5, 0.6) is 0 Å². The van der Waals surface area contributed by atoms with Crippen molar-refractivity contribution in [2.24, 2.45) is 11.8 Å². The van der Waals surface area contributed by atoms with Gasteiger partial charge in [0.05, 0.1) is 28.1 Å². The molecule has 4 atom stereocenters. The van der Waals surface area contributed by atoms with Gasteiger partial charge in [-0.3, -0.25) is 14.4 Å². The summed E-state index contributed by atoms with van der Waals surface area (Å²) < 4.78 is 13.7. The van der Waals surface area contributed by atoms with Crippen LogP contribution in [0, 0.1) is 18.8 Å². The van der Waals surface area contributed by atoms with E-state index in [1.165, 1.54) is 11.8 Å². The Morgan fingerprint density at radius 2 is 1.86 bits per heavy atom. The standard InChI is InChI=1S/C27H34FN3O4S2/c1-15-22(37-14-30-15)17-7-5-16(6-8-17)13-29-24(34)20-12-18(32)11-19(20)21(33)23(26(2,3)36-4)31-25(35)27(28)9-10-27/h5-8,14,18-20,23,32H,9-13H2,1-4H3,(H,29,34)(H,31,35)/t18-,19?,20+,23+/m0/s1. The number of alkyl halides is 1. The van der Waals surface area contributed by atoms with Crippen LogP contribution in [0.4, 0.5) is 4.39 Å². The molecule has 2 aliphatic carbocycles. The van der Waals surface area contributed by atoms with Crippen molar-refractivity contribution in [3.05, 3.63) is 41.0 Å². The van der Waals surface area contributed by atoms with Gasteiger partial charge in [-0.05, 0) is 63.8 Å².